The second-order valence-electron chi connectivity index (χ2n) is 5.70. The van der Waals surface area contributed by atoms with Crippen molar-refractivity contribution in [3.8, 4) is 0 Å². The number of nitrogens with one attached hydrogen (secondary N) is 1. The molecule has 0 aliphatic carbocycles. The topological polar surface area (TPSA) is 12.0 Å². The van der Waals surface area contributed by atoms with Gasteiger partial charge in [0.1, 0.15) is 5.82 Å². The van der Waals surface area contributed by atoms with E-state index >= 15 is 0 Å². The first-order chi connectivity index (χ1) is 10.1. The van der Waals surface area contributed by atoms with Gasteiger partial charge in [-0.1, -0.05) is 26.0 Å². The first kappa shape index (κ1) is 16.7. The zero-order valence-corrected chi connectivity index (χ0v) is 14.8. The van der Waals surface area contributed by atoms with Crippen LogP contribution < -0.4 is 5.32 Å². The summed E-state index contributed by atoms with van der Waals surface area (Å²) >= 11 is 5.37. The van der Waals surface area contributed by atoms with Gasteiger partial charge in [-0.2, -0.15) is 0 Å². The van der Waals surface area contributed by atoms with Crippen LogP contribution in [0.4, 0.5) is 4.39 Å². The minimum Gasteiger partial charge on any atom is -0.316 e. The number of hydrogen-bond donors (Lipinski definition) is 1. The summed E-state index contributed by atoms with van der Waals surface area (Å²) in [6.07, 6.45) is 0.967. The van der Waals surface area contributed by atoms with Crippen LogP contribution in [0.1, 0.15) is 30.2 Å². The summed E-state index contributed by atoms with van der Waals surface area (Å²) < 4.78 is 14.3. The molecule has 0 saturated carbocycles. The smallest absolute Gasteiger partial charge is 0.123 e. The van der Waals surface area contributed by atoms with E-state index in [1.54, 1.807) is 23.5 Å². The first-order valence-corrected chi connectivity index (χ1v) is 8.91. The molecule has 1 N–H and O–H groups in total. The lowest BCUT2D eigenvalue weighted by atomic mass is 9.94. The molecular formula is C17H21BrFNS. The second-order valence-corrected chi connectivity index (χ2v) is 7.55. The highest BCUT2D eigenvalue weighted by Crippen LogP contribution is 2.29. The monoisotopic (exact) mass is 369 g/mol. The third-order valence-corrected chi connectivity index (χ3v) is 5.36. The number of hydrogen-bond acceptors (Lipinski definition) is 2. The molecule has 4 heteroatoms. The van der Waals surface area contributed by atoms with Crippen molar-refractivity contribution in [1.82, 2.24) is 5.32 Å². The highest BCUT2D eigenvalue weighted by atomic mass is 79.9. The number of benzene rings is 1. The van der Waals surface area contributed by atoms with Crippen molar-refractivity contribution in [2.45, 2.75) is 26.2 Å². The largest absolute Gasteiger partial charge is 0.316 e. The molecule has 0 saturated heterocycles. The standard InChI is InChI=1S/C17H21BrFNS/c1-12(2)10-20-11-14(9-17-16(18)7-8-21-17)13-3-5-15(19)6-4-13/h3-8,12,14,20H,9-11H2,1-2H3. The van der Waals surface area contributed by atoms with E-state index in [4.69, 9.17) is 0 Å². The summed E-state index contributed by atoms with van der Waals surface area (Å²) in [5.41, 5.74) is 1.19. The Balaban J connectivity index is 2.09. The van der Waals surface area contributed by atoms with Gasteiger partial charge in [-0.05, 0) is 64.0 Å². The molecule has 0 radical (unpaired) electrons. The van der Waals surface area contributed by atoms with Gasteiger partial charge in [0.2, 0.25) is 0 Å². The highest BCUT2D eigenvalue weighted by molar-refractivity contribution is 9.10. The lowest BCUT2D eigenvalue weighted by Crippen LogP contribution is -2.26. The lowest BCUT2D eigenvalue weighted by molar-refractivity contribution is 0.514. The molecule has 0 aliphatic heterocycles. The Bertz CT molecular complexity index is 550. The zero-order chi connectivity index (χ0) is 15.2. The number of thiophene rings is 1. The van der Waals surface area contributed by atoms with Gasteiger partial charge in [-0.15, -0.1) is 11.3 Å². The van der Waals surface area contributed by atoms with Gasteiger partial charge in [0, 0.05) is 21.8 Å². The van der Waals surface area contributed by atoms with Crippen molar-refractivity contribution in [3.63, 3.8) is 0 Å². The average molecular weight is 370 g/mol. The van der Waals surface area contributed by atoms with E-state index in [0.29, 0.717) is 11.8 Å². The fourth-order valence-electron chi connectivity index (χ4n) is 2.28. The van der Waals surface area contributed by atoms with Gasteiger partial charge in [0.05, 0.1) is 0 Å². The van der Waals surface area contributed by atoms with Crippen molar-refractivity contribution in [2.24, 2.45) is 5.92 Å². The van der Waals surface area contributed by atoms with E-state index < -0.39 is 0 Å². The highest BCUT2D eigenvalue weighted by Gasteiger charge is 2.15. The predicted molar refractivity (Wildman–Crippen MR) is 92.6 cm³/mol. The minimum atomic E-state index is -0.176. The minimum absolute atomic E-state index is 0.176. The average Bonchev–Trinajstić information content (AvgIpc) is 2.84. The van der Waals surface area contributed by atoms with Crippen LogP contribution in [0.25, 0.3) is 0 Å². The van der Waals surface area contributed by atoms with Crippen LogP contribution in [-0.4, -0.2) is 13.1 Å². The Kier molecular flexibility index (Phi) is 6.40. The van der Waals surface area contributed by atoms with Crippen molar-refractivity contribution in [3.05, 3.63) is 56.4 Å². The van der Waals surface area contributed by atoms with Crippen LogP contribution in [0.2, 0.25) is 0 Å². The Morgan fingerprint density at radius 1 is 1.14 bits per heavy atom. The molecule has 0 amide bonds. The van der Waals surface area contributed by atoms with Crippen LogP contribution in [0, 0.1) is 11.7 Å². The van der Waals surface area contributed by atoms with Gasteiger partial charge >= 0.3 is 0 Å². The summed E-state index contributed by atoms with van der Waals surface area (Å²) in [6.45, 7) is 6.32. The van der Waals surface area contributed by atoms with Gasteiger partial charge in [-0.3, -0.25) is 0 Å². The van der Waals surface area contributed by atoms with Gasteiger partial charge in [0.25, 0.3) is 0 Å². The summed E-state index contributed by atoms with van der Waals surface area (Å²) in [5, 5.41) is 5.63. The molecule has 1 atom stereocenters. The third kappa shape index (κ3) is 5.20. The van der Waals surface area contributed by atoms with E-state index in [0.717, 1.165) is 19.5 Å². The Morgan fingerprint density at radius 2 is 1.86 bits per heavy atom. The van der Waals surface area contributed by atoms with E-state index in [9.17, 15) is 4.39 Å². The van der Waals surface area contributed by atoms with Gasteiger partial charge < -0.3 is 5.32 Å². The molecule has 2 aromatic rings. The van der Waals surface area contributed by atoms with Gasteiger partial charge in [0.15, 0.2) is 0 Å². The molecule has 0 spiro atoms. The van der Waals surface area contributed by atoms with Crippen LogP contribution in [0.3, 0.4) is 0 Å². The number of rotatable bonds is 7. The maximum Gasteiger partial charge on any atom is 0.123 e. The first-order valence-electron chi connectivity index (χ1n) is 7.24. The van der Waals surface area contributed by atoms with Crippen LogP contribution in [0.15, 0.2) is 40.2 Å². The predicted octanol–water partition coefficient (Wildman–Crippen LogP) is 5.22. The molecule has 0 bridgehead atoms. The summed E-state index contributed by atoms with van der Waals surface area (Å²) in [4.78, 5) is 1.34. The van der Waals surface area contributed by atoms with Crippen molar-refractivity contribution >= 4 is 27.3 Å². The molecule has 0 fully saturated rings. The molecule has 2 rings (SSSR count). The Morgan fingerprint density at radius 3 is 2.43 bits per heavy atom. The quantitative estimate of drug-likeness (QED) is 0.705. The molecule has 1 aromatic heterocycles. The van der Waals surface area contributed by atoms with E-state index in [2.05, 4.69) is 46.5 Å². The lowest BCUT2D eigenvalue weighted by Gasteiger charge is -2.19. The SMILES string of the molecule is CC(C)CNCC(Cc1sccc1Br)c1ccc(F)cc1. The van der Waals surface area contributed by atoms with Gasteiger partial charge in [-0.25, -0.2) is 4.39 Å². The normalized spacial score (nSPS) is 12.8. The molecule has 1 heterocycles. The van der Waals surface area contributed by atoms with Crippen molar-refractivity contribution < 1.29 is 4.39 Å². The Hall–Kier alpha value is -0.710. The van der Waals surface area contributed by atoms with Crippen molar-refractivity contribution in [1.29, 1.82) is 0 Å². The van der Waals surface area contributed by atoms with Crippen molar-refractivity contribution in [2.75, 3.05) is 13.1 Å². The van der Waals surface area contributed by atoms with E-state index in [-0.39, 0.29) is 5.82 Å². The molecule has 0 aliphatic rings. The fraction of sp³-hybridized carbons (Fsp3) is 0.412. The van der Waals surface area contributed by atoms with Crippen LogP contribution >= 0.6 is 27.3 Å². The second kappa shape index (κ2) is 8.06. The molecule has 21 heavy (non-hydrogen) atoms. The Labute approximate surface area is 138 Å². The van der Waals surface area contributed by atoms with E-state index in [1.807, 2.05) is 12.1 Å². The molecule has 114 valence electrons. The summed E-state index contributed by atoms with van der Waals surface area (Å²) in [5.74, 6) is 0.816. The third-order valence-electron chi connectivity index (χ3n) is 3.41. The summed E-state index contributed by atoms with van der Waals surface area (Å²) in [7, 11) is 0. The van der Waals surface area contributed by atoms with E-state index in [1.165, 1.54) is 14.9 Å². The number of halogens is 2. The molecular weight excluding hydrogens is 349 g/mol. The molecule has 1 unspecified atom stereocenters. The zero-order valence-electron chi connectivity index (χ0n) is 12.4. The maximum absolute atomic E-state index is 13.1. The maximum atomic E-state index is 13.1. The van der Waals surface area contributed by atoms with Crippen LogP contribution in [-0.2, 0) is 6.42 Å². The molecule has 1 nitrogen and oxygen atoms in total. The van der Waals surface area contributed by atoms with Crippen LogP contribution in [0.5, 0.6) is 0 Å². The summed E-state index contributed by atoms with van der Waals surface area (Å²) in [6, 6.07) is 8.99. The molecule has 1 aromatic carbocycles. The fourth-order valence-corrected chi connectivity index (χ4v) is 3.88.